The van der Waals surface area contributed by atoms with Gasteiger partial charge in [-0.25, -0.2) is 9.97 Å². The van der Waals surface area contributed by atoms with Gasteiger partial charge in [-0.15, -0.1) is 0 Å². The molecule has 0 radical (unpaired) electrons. The quantitative estimate of drug-likeness (QED) is 0.854. The highest BCUT2D eigenvalue weighted by Gasteiger charge is 2.51. The second-order valence-electron chi connectivity index (χ2n) is 6.52. The van der Waals surface area contributed by atoms with Crippen molar-refractivity contribution in [3.8, 4) is 0 Å². The van der Waals surface area contributed by atoms with Crippen molar-refractivity contribution in [2.45, 2.75) is 25.3 Å². The molecule has 2 aromatic rings. The van der Waals surface area contributed by atoms with Gasteiger partial charge in [0, 0.05) is 37.6 Å². The average Bonchev–Trinajstić information content (AvgIpc) is 3.03. The minimum Gasteiger partial charge on any atom is -0.336 e. The van der Waals surface area contributed by atoms with E-state index in [4.69, 9.17) is 0 Å². The summed E-state index contributed by atoms with van der Waals surface area (Å²) in [5.74, 6) is 0.908. The van der Waals surface area contributed by atoms with Crippen LogP contribution in [-0.2, 0) is 0 Å². The van der Waals surface area contributed by atoms with Crippen LogP contribution in [0, 0.1) is 6.92 Å². The maximum atomic E-state index is 12.7. The lowest BCUT2D eigenvalue weighted by molar-refractivity contribution is 0.0775. The zero-order valence-electron chi connectivity index (χ0n) is 13.3. The van der Waals surface area contributed by atoms with Crippen LogP contribution in [0.25, 0.3) is 0 Å². The van der Waals surface area contributed by atoms with Crippen molar-refractivity contribution in [3.05, 3.63) is 53.9 Å². The first-order valence-electron chi connectivity index (χ1n) is 8.09. The van der Waals surface area contributed by atoms with E-state index in [1.54, 1.807) is 12.4 Å². The third-order valence-electron chi connectivity index (χ3n) is 5.08. The summed E-state index contributed by atoms with van der Waals surface area (Å²) in [6, 6.07) is 9.65. The summed E-state index contributed by atoms with van der Waals surface area (Å²) in [5, 5.41) is 0. The van der Waals surface area contributed by atoms with Gasteiger partial charge in [-0.05, 0) is 38.0 Å². The molecule has 5 heteroatoms. The van der Waals surface area contributed by atoms with Crippen LogP contribution in [0.15, 0.2) is 42.7 Å². The van der Waals surface area contributed by atoms with Crippen LogP contribution < -0.4 is 4.90 Å². The van der Waals surface area contributed by atoms with Crippen molar-refractivity contribution < 1.29 is 4.79 Å². The first-order chi connectivity index (χ1) is 11.2. The molecule has 0 N–H and O–H groups in total. The van der Waals surface area contributed by atoms with E-state index in [-0.39, 0.29) is 11.4 Å². The van der Waals surface area contributed by atoms with Gasteiger partial charge in [-0.2, -0.15) is 0 Å². The summed E-state index contributed by atoms with van der Waals surface area (Å²) in [5.41, 5.74) is 1.97. The van der Waals surface area contributed by atoms with E-state index in [1.807, 2.05) is 42.2 Å². The van der Waals surface area contributed by atoms with Crippen LogP contribution in [0.4, 0.5) is 5.95 Å². The molecule has 2 fully saturated rings. The van der Waals surface area contributed by atoms with Gasteiger partial charge in [-0.3, -0.25) is 4.79 Å². The molecule has 2 aliphatic rings. The second kappa shape index (κ2) is 5.33. The first kappa shape index (κ1) is 14.2. The van der Waals surface area contributed by atoms with Crippen LogP contribution in [0.5, 0.6) is 0 Å². The number of amides is 1. The van der Waals surface area contributed by atoms with Crippen LogP contribution in [0.3, 0.4) is 0 Å². The molecule has 2 aliphatic heterocycles. The Bertz CT molecular complexity index is 716. The Morgan fingerprint density at radius 3 is 2.43 bits per heavy atom. The normalized spacial score (nSPS) is 23.2. The average molecular weight is 308 g/mol. The molecular formula is C18H20N4O. The fraction of sp³-hybridized carbons (Fsp3) is 0.389. The van der Waals surface area contributed by atoms with Crippen molar-refractivity contribution in [2.24, 2.45) is 0 Å². The molecule has 0 saturated carbocycles. The monoisotopic (exact) mass is 308 g/mol. The number of hydrogen-bond acceptors (Lipinski definition) is 4. The fourth-order valence-electron chi connectivity index (χ4n) is 3.62. The topological polar surface area (TPSA) is 49.3 Å². The Hall–Kier alpha value is -2.43. The maximum absolute atomic E-state index is 12.7. The third kappa shape index (κ3) is 2.36. The Balaban J connectivity index is 1.51. The minimum atomic E-state index is 0.0295. The predicted octanol–water partition coefficient (Wildman–Crippen LogP) is 2.28. The second-order valence-corrected chi connectivity index (χ2v) is 6.52. The summed E-state index contributed by atoms with van der Waals surface area (Å²) in [6.45, 7) is 4.57. The Labute approximate surface area is 136 Å². The molecule has 0 unspecified atom stereocenters. The van der Waals surface area contributed by atoms with Gasteiger partial charge in [0.1, 0.15) is 0 Å². The first-order valence-corrected chi connectivity index (χ1v) is 8.09. The largest absolute Gasteiger partial charge is 0.336 e. The lowest BCUT2D eigenvalue weighted by atomic mass is 9.84. The van der Waals surface area contributed by atoms with Gasteiger partial charge in [0.15, 0.2) is 0 Å². The van der Waals surface area contributed by atoms with E-state index in [2.05, 4.69) is 14.9 Å². The van der Waals surface area contributed by atoms with Crippen molar-refractivity contribution in [3.63, 3.8) is 0 Å². The van der Waals surface area contributed by atoms with Gasteiger partial charge in [0.2, 0.25) is 5.95 Å². The van der Waals surface area contributed by atoms with Crippen LogP contribution in [0.2, 0.25) is 0 Å². The molecule has 1 aromatic carbocycles. The molecular weight excluding hydrogens is 288 g/mol. The zero-order valence-corrected chi connectivity index (χ0v) is 13.3. The number of aryl methyl sites for hydroxylation is 1. The summed E-state index contributed by atoms with van der Waals surface area (Å²) in [7, 11) is 0. The van der Waals surface area contributed by atoms with Crippen LogP contribution in [0.1, 0.15) is 28.8 Å². The van der Waals surface area contributed by atoms with Gasteiger partial charge in [0.25, 0.3) is 5.91 Å². The summed E-state index contributed by atoms with van der Waals surface area (Å²) < 4.78 is 0. The van der Waals surface area contributed by atoms with E-state index in [9.17, 15) is 4.79 Å². The highest BCUT2D eigenvalue weighted by Crippen LogP contribution is 2.41. The Morgan fingerprint density at radius 2 is 1.78 bits per heavy atom. The van der Waals surface area contributed by atoms with Gasteiger partial charge in [-0.1, -0.05) is 17.7 Å². The molecule has 1 spiro atoms. The van der Waals surface area contributed by atoms with Crippen molar-refractivity contribution >= 4 is 11.9 Å². The number of likely N-dealkylation sites (tertiary alicyclic amines) is 1. The summed E-state index contributed by atoms with van der Waals surface area (Å²) >= 11 is 0. The molecule has 4 rings (SSSR count). The predicted molar refractivity (Wildman–Crippen MR) is 88.4 cm³/mol. The highest BCUT2D eigenvalue weighted by atomic mass is 16.2. The fourth-order valence-corrected chi connectivity index (χ4v) is 3.62. The van der Waals surface area contributed by atoms with Crippen LogP contribution in [-0.4, -0.2) is 45.9 Å². The van der Waals surface area contributed by atoms with E-state index in [1.165, 1.54) is 5.56 Å². The third-order valence-corrected chi connectivity index (χ3v) is 5.08. The number of carbonyl (C=O) groups is 1. The number of anilines is 1. The molecule has 3 heterocycles. The molecule has 1 amide bonds. The number of rotatable bonds is 2. The summed E-state index contributed by atoms with van der Waals surface area (Å²) in [4.78, 5) is 25.7. The SMILES string of the molecule is Cc1ccc(C(=O)N2CC[C@@]3(CCN3c3ncccn3)C2)cc1. The van der Waals surface area contributed by atoms with Gasteiger partial charge >= 0.3 is 0 Å². The smallest absolute Gasteiger partial charge is 0.253 e. The molecule has 1 aromatic heterocycles. The Morgan fingerprint density at radius 1 is 1.09 bits per heavy atom. The number of benzene rings is 1. The molecule has 5 nitrogen and oxygen atoms in total. The number of aromatic nitrogens is 2. The van der Waals surface area contributed by atoms with Crippen LogP contribution >= 0.6 is 0 Å². The standard InChI is InChI=1S/C18H20N4O/c1-14-3-5-15(6-4-14)16(23)21-11-7-18(13-21)8-12-22(18)17-19-9-2-10-20-17/h2-6,9-10H,7-8,11-13H2,1H3/t18-/m1/s1. The van der Waals surface area contributed by atoms with E-state index >= 15 is 0 Å². The minimum absolute atomic E-state index is 0.0295. The van der Waals surface area contributed by atoms with Gasteiger partial charge < -0.3 is 9.80 Å². The van der Waals surface area contributed by atoms with Crippen molar-refractivity contribution in [2.75, 3.05) is 24.5 Å². The van der Waals surface area contributed by atoms with Crippen molar-refractivity contribution in [1.29, 1.82) is 0 Å². The maximum Gasteiger partial charge on any atom is 0.253 e. The number of nitrogens with zero attached hydrogens (tertiary/aromatic N) is 4. The lowest BCUT2D eigenvalue weighted by Gasteiger charge is -2.50. The lowest BCUT2D eigenvalue weighted by Crippen LogP contribution is -2.62. The van der Waals surface area contributed by atoms with E-state index in [0.717, 1.165) is 44.0 Å². The van der Waals surface area contributed by atoms with E-state index < -0.39 is 0 Å². The molecule has 118 valence electrons. The number of hydrogen-bond donors (Lipinski definition) is 0. The zero-order chi connectivity index (χ0) is 15.9. The molecule has 2 saturated heterocycles. The molecule has 0 aliphatic carbocycles. The number of carbonyl (C=O) groups excluding carboxylic acids is 1. The molecule has 1 atom stereocenters. The highest BCUT2D eigenvalue weighted by molar-refractivity contribution is 5.94. The van der Waals surface area contributed by atoms with E-state index in [0.29, 0.717) is 0 Å². The van der Waals surface area contributed by atoms with Crippen molar-refractivity contribution in [1.82, 2.24) is 14.9 Å². The van der Waals surface area contributed by atoms with Gasteiger partial charge in [0.05, 0.1) is 5.54 Å². The summed E-state index contributed by atoms with van der Waals surface area (Å²) in [6.07, 6.45) is 5.64. The molecule has 0 bridgehead atoms. The molecule has 23 heavy (non-hydrogen) atoms. The Kier molecular flexibility index (Phi) is 3.29.